The third kappa shape index (κ3) is 8.76. The van der Waals surface area contributed by atoms with Gasteiger partial charge in [-0.1, -0.05) is 54.6 Å². The average Bonchev–Trinajstić information content (AvgIpc) is 2.91. The molecule has 0 saturated carbocycles. The van der Waals surface area contributed by atoms with Gasteiger partial charge in [0.25, 0.3) is 5.91 Å². The number of pyridine rings is 1. The highest BCUT2D eigenvalue weighted by molar-refractivity contribution is 6.38. The summed E-state index contributed by atoms with van der Waals surface area (Å²) in [5.41, 5.74) is 1.64. The van der Waals surface area contributed by atoms with Crippen LogP contribution >= 0.6 is 0 Å². The van der Waals surface area contributed by atoms with E-state index in [1.807, 2.05) is 6.07 Å². The summed E-state index contributed by atoms with van der Waals surface area (Å²) in [6.45, 7) is -1.68. The fourth-order valence-electron chi connectivity index (χ4n) is 3.39. The minimum atomic E-state index is -3.00. The van der Waals surface area contributed by atoms with Crippen LogP contribution in [0, 0.1) is 0 Å². The molecule has 0 aliphatic rings. The molecule has 1 aromatic heterocycles. The zero-order valence-electron chi connectivity index (χ0n) is 20.1. The van der Waals surface area contributed by atoms with Gasteiger partial charge < -0.3 is 20.1 Å². The zero-order chi connectivity index (χ0) is 26.6. The number of halogens is 2. The van der Waals surface area contributed by atoms with E-state index in [9.17, 15) is 23.2 Å². The fraction of sp³-hybridized carbons (Fsp3) is 0.259. The number of carbonyl (C=O) groups is 3. The Balaban J connectivity index is 1.64. The number of ketones is 1. The van der Waals surface area contributed by atoms with E-state index in [2.05, 4.69) is 20.4 Å². The van der Waals surface area contributed by atoms with Crippen LogP contribution in [-0.4, -0.2) is 41.3 Å². The molecule has 0 fully saturated rings. The number of nitrogens with zero attached hydrogens (tertiary/aromatic N) is 1. The van der Waals surface area contributed by atoms with E-state index in [1.54, 1.807) is 54.7 Å². The molecule has 37 heavy (non-hydrogen) atoms. The van der Waals surface area contributed by atoms with Gasteiger partial charge in [-0.2, -0.15) is 8.78 Å². The second-order valence-corrected chi connectivity index (χ2v) is 8.06. The largest absolute Gasteiger partial charge is 0.434 e. The Kier molecular flexibility index (Phi) is 10.2. The number of ether oxygens (including phenoxy) is 2. The van der Waals surface area contributed by atoms with Gasteiger partial charge in [-0.25, -0.2) is 0 Å². The van der Waals surface area contributed by atoms with E-state index >= 15 is 0 Å². The normalized spacial score (nSPS) is 12.4. The summed E-state index contributed by atoms with van der Waals surface area (Å²) < 4.78 is 35.3. The maximum atomic E-state index is 13.0. The van der Waals surface area contributed by atoms with E-state index in [4.69, 9.17) is 4.74 Å². The Morgan fingerprint density at radius 1 is 0.946 bits per heavy atom. The van der Waals surface area contributed by atoms with Crippen molar-refractivity contribution in [1.29, 1.82) is 0 Å². The maximum Gasteiger partial charge on any atom is 0.387 e. The quantitative estimate of drug-likeness (QED) is 0.342. The summed E-state index contributed by atoms with van der Waals surface area (Å²) in [7, 11) is 0. The highest BCUT2D eigenvalue weighted by Gasteiger charge is 2.29. The fourth-order valence-corrected chi connectivity index (χ4v) is 3.39. The number of alkyl halides is 2. The van der Waals surface area contributed by atoms with Crippen LogP contribution in [0.15, 0.2) is 79.0 Å². The van der Waals surface area contributed by atoms with Gasteiger partial charge in [0.2, 0.25) is 11.7 Å². The first-order chi connectivity index (χ1) is 17.8. The van der Waals surface area contributed by atoms with E-state index in [1.165, 1.54) is 25.1 Å². The number of aromatic nitrogens is 1. The van der Waals surface area contributed by atoms with E-state index in [-0.39, 0.29) is 25.3 Å². The summed E-state index contributed by atoms with van der Waals surface area (Å²) in [5, 5.41) is 5.11. The van der Waals surface area contributed by atoms with Crippen molar-refractivity contribution in [3.63, 3.8) is 0 Å². The van der Waals surface area contributed by atoms with Gasteiger partial charge in [-0.3, -0.25) is 19.4 Å². The number of para-hydroxylation sites is 1. The van der Waals surface area contributed by atoms with Crippen LogP contribution in [-0.2, 0) is 38.7 Å². The molecule has 3 aromatic rings. The molecule has 3 rings (SSSR count). The minimum Gasteiger partial charge on any atom is -0.434 e. The van der Waals surface area contributed by atoms with Crippen LogP contribution in [0.1, 0.15) is 23.7 Å². The summed E-state index contributed by atoms with van der Waals surface area (Å²) in [4.78, 5) is 42.5. The number of nitrogens with one attached hydrogen (secondary N) is 2. The van der Waals surface area contributed by atoms with Gasteiger partial charge in [0, 0.05) is 18.2 Å². The Morgan fingerprint density at radius 2 is 1.65 bits per heavy atom. The first kappa shape index (κ1) is 27.4. The molecule has 194 valence electrons. The molecule has 0 aliphatic heterocycles. The van der Waals surface area contributed by atoms with Crippen LogP contribution in [0.5, 0.6) is 5.75 Å². The van der Waals surface area contributed by atoms with Crippen LogP contribution in [0.4, 0.5) is 8.78 Å². The molecule has 0 radical (unpaired) electrons. The van der Waals surface area contributed by atoms with Gasteiger partial charge >= 0.3 is 6.61 Å². The second-order valence-electron chi connectivity index (χ2n) is 8.06. The highest BCUT2D eigenvalue weighted by atomic mass is 19.3. The number of hydrogen-bond acceptors (Lipinski definition) is 6. The Bertz CT molecular complexity index is 1180. The van der Waals surface area contributed by atoms with E-state index in [0.717, 1.165) is 5.56 Å². The maximum absolute atomic E-state index is 13.0. The van der Waals surface area contributed by atoms with Crippen LogP contribution < -0.4 is 15.4 Å². The summed E-state index contributed by atoms with van der Waals surface area (Å²) >= 11 is 0. The molecular formula is C27H27F2N3O5. The Morgan fingerprint density at radius 3 is 2.35 bits per heavy atom. The highest BCUT2D eigenvalue weighted by Crippen LogP contribution is 2.21. The van der Waals surface area contributed by atoms with Crippen LogP contribution in [0.2, 0.25) is 0 Å². The monoisotopic (exact) mass is 511 g/mol. The van der Waals surface area contributed by atoms with Gasteiger partial charge in [0.1, 0.15) is 17.9 Å². The number of carbonyl (C=O) groups excluding carboxylic acids is 3. The van der Waals surface area contributed by atoms with Crippen molar-refractivity contribution >= 4 is 17.6 Å². The van der Waals surface area contributed by atoms with Crippen molar-refractivity contribution in [3.05, 3.63) is 95.8 Å². The molecule has 10 heteroatoms. The first-order valence-electron chi connectivity index (χ1n) is 11.5. The third-order valence-corrected chi connectivity index (χ3v) is 5.34. The summed E-state index contributed by atoms with van der Waals surface area (Å²) in [5.74, 6) is -2.39. The lowest BCUT2D eigenvalue weighted by Gasteiger charge is -2.21. The molecular weight excluding hydrogens is 484 g/mol. The molecule has 0 bridgehead atoms. The van der Waals surface area contributed by atoms with Crippen molar-refractivity contribution < 1.29 is 32.6 Å². The topological polar surface area (TPSA) is 107 Å². The first-order valence-corrected chi connectivity index (χ1v) is 11.5. The van der Waals surface area contributed by atoms with Crippen molar-refractivity contribution in [2.24, 2.45) is 0 Å². The molecule has 0 saturated heterocycles. The van der Waals surface area contributed by atoms with E-state index < -0.39 is 36.4 Å². The van der Waals surface area contributed by atoms with Crippen LogP contribution in [0.3, 0.4) is 0 Å². The second kappa shape index (κ2) is 13.8. The number of amides is 2. The lowest BCUT2D eigenvalue weighted by Crippen LogP contribution is -2.51. The molecule has 2 amide bonds. The standard InChI is InChI=1S/C27H27F2N3O5/c1-18(36-17-20-11-5-6-13-23(20)37-27(28)29)25(34)32-22(15-19-9-3-2-4-10-19)24(33)26(35)31-16-21-12-7-8-14-30-21/h2-14,18,22,27H,15-17H2,1H3,(H,31,35)(H,32,34)/t18-,22-/m1/s1. The Hall–Kier alpha value is -4.18. The van der Waals surface area contributed by atoms with Gasteiger partial charge in [-0.15, -0.1) is 0 Å². The predicted octanol–water partition coefficient (Wildman–Crippen LogP) is 3.20. The zero-order valence-corrected chi connectivity index (χ0v) is 20.1. The van der Waals surface area contributed by atoms with Crippen molar-refractivity contribution in [2.75, 3.05) is 0 Å². The average molecular weight is 512 g/mol. The number of rotatable bonds is 13. The molecule has 1 heterocycles. The molecule has 2 N–H and O–H groups in total. The SMILES string of the molecule is C[C@@H](OCc1ccccc1OC(F)F)C(=O)N[C@H](Cc1ccccc1)C(=O)C(=O)NCc1ccccn1. The molecule has 2 atom stereocenters. The molecule has 8 nitrogen and oxygen atoms in total. The molecule has 0 aliphatic carbocycles. The van der Waals surface area contributed by atoms with Gasteiger partial charge in [-0.05, 0) is 30.7 Å². The molecule has 2 aromatic carbocycles. The van der Waals surface area contributed by atoms with E-state index in [0.29, 0.717) is 11.3 Å². The van der Waals surface area contributed by atoms with Crippen molar-refractivity contribution in [2.45, 2.75) is 45.3 Å². The van der Waals surface area contributed by atoms with Crippen LogP contribution in [0.25, 0.3) is 0 Å². The van der Waals surface area contributed by atoms with Gasteiger partial charge in [0.15, 0.2) is 0 Å². The van der Waals surface area contributed by atoms with Crippen molar-refractivity contribution in [1.82, 2.24) is 15.6 Å². The summed E-state index contributed by atoms with van der Waals surface area (Å²) in [6.07, 6.45) is 0.601. The van der Waals surface area contributed by atoms with Gasteiger partial charge in [0.05, 0.1) is 18.8 Å². The molecule has 0 spiro atoms. The predicted molar refractivity (Wildman–Crippen MR) is 130 cm³/mol. The Labute approximate surface area is 213 Å². The number of benzene rings is 2. The molecule has 0 unspecified atom stereocenters. The lowest BCUT2D eigenvalue weighted by molar-refractivity contribution is -0.141. The lowest BCUT2D eigenvalue weighted by atomic mass is 10.0. The minimum absolute atomic E-state index is 0.0526. The van der Waals surface area contributed by atoms with Crippen molar-refractivity contribution in [3.8, 4) is 5.75 Å². The third-order valence-electron chi connectivity index (χ3n) is 5.34. The number of Topliss-reactive ketones (excluding diaryl/α,β-unsaturated/α-hetero) is 1. The smallest absolute Gasteiger partial charge is 0.387 e. The number of hydrogen-bond donors (Lipinski definition) is 2. The summed E-state index contributed by atoms with van der Waals surface area (Å²) in [6, 6.07) is 19.0.